The molecule has 0 aromatic heterocycles. The number of rotatable bonds is 10. The molecule has 0 spiro atoms. The van der Waals surface area contributed by atoms with Gasteiger partial charge in [-0.1, -0.05) is 30.3 Å². The standard InChI is InChI=1S/C14H26N2O3Si/c1-16(11-10-15)13-19-20(17-2,18-3)12-9-14-7-5-4-6-8-14/h4-8H,9-13,15H2,1-3H3. The highest BCUT2D eigenvalue weighted by Gasteiger charge is 2.38. The molecule has 0 heterocycles. The van der Waals surface area contributed by atoms with Gasteiger partial charge in [0, 0.05) is 33.4 Å². The third-order valence-corrected chi connectivity index (χ3v) is 5.88. The summed E-state index contributed by atoms with van der Waals surface area (Å²) in [6.07, 6.45) is 0.884. The smallest absolute Gasteiger partial charge is 0.377 e. The SMILES string of the molecule is CO[Si](CCc1ccccc1)(OC)OCN(C)CCN. The van der Waals surface area contributed by atoms with Crippen LogP contribution in [0.25, 0.3) is 0 Å². The van der Waals surface area contributed by atoms with Crippen molar-refractivity contribution in [3.05, 3.63) is 35.9 Å². The molecule has 0 aliphatic heterocycles. The van der Waals surface area contributed by atoms with Gasteiger partial charge in [-0.25, -0.2) is 0 Å². The van der Waals surface area contributed by atoms with E-state index in [1.165, 1.54) is 5.56 Å². The van der Waals surface area contributed by atoms with E-state index in [9.17, 15) is 0 Å². The van der Waals surface area contributed by atoms with Gasteiger partial charge < -0.3 is 19.0 Å². The third kappa shape index (κ3) is 5.70. The summed E-state index contributed by atoms with van der Waals surface area (Å²) in [7, 11) is 2.68. The van der Waals surface area contributed by atoms with Crippen molar-refractivity contribution < 1.29 is 13.3 Å². The molecule has 0 amide bonds. The molecule has 1 aromatic carbocycles. The molecule has 2 N–H and O–H groups in total. The molecule has 0 radical (unpaired) electrons. The lowest BCUT2D eigenvalue weighted by atomic mass is 10.2. The van der Waals surface area contributed by atoms with E-state index >= 15 is 0 Å². The van der Waals surface area contributed by atoms with Crippen molar-refractivity contribution in [3.8, 4) is 0 Å². The predicted octanol–water partition coefficient (Wildman–Crippen LogP) is 1.33. The minimum atomic E-state index is -2.60. The lowest BCUT2D eigenvalue weighted by Gasteiger charge is -2.28. The molecule has 20 heavy (non-hydrogen) atoms. The Morgan fingerprint density at radius 3 is 2.35 bits per heavy atom. The Bertz CT molecular complexity index is 361. The Labute approximate surface area is 123 Å². The molecular weight excluding hydrogens is 272 g/mol. The normalized spacial score (nSPS) is 12.1. The van der Waals surface area contributed by atoms with Crippen LogP contribution < -0.4 is 5.73 Å². The maximum absolute atomic E-state index is 5.93. The van der Waals surface area contributed by atoms with E-state index < -0.39 is 8.80 Å². The minimum absolute atomic E-state index is 0.472. The van der Waals surface area contributed by atoms with Crippen molar-refractivity contribution in [1.29, 1.82) is 0 Å². The molecule has 0 aliphatic carbocycles. The van der Waals surface area contributed by atoms with E-state index in [1.807, 2.05) is 30.1 Å². The summed E-state index contributed by atoms with van der Waals surface area (Å²) in [6, 6.07) is 11.1. The van der Waals surface area contributed by atoms with Crippen LogP contribution in [0.3, 0.4) is 0 Å². The summed E-state index contributed by atoms with van der Waals surface area (Å²) >= 11 is 0. The van der Waals surface area contributed by atoms with E-state index in [1.54, 1.807) is 14.2 Å². The third-order valence-electron chi connectivity index (χ3n) is 3.20. The molecule has 0 atom stereocenters. The van der Waals surface area contributed by atoms with Crippen LogP contribution in [0.4, 0.5) is 0 Å². The molecule has 1 aromatic rings. The van der Waals surface area contributed by atoms with Gasteiger partial charge in [-0.15, -0.1) is 0 Å². The largest absolute Gasteiger partial charge is 0.501 e. The summed E-state index contributed by atoms with van der Waals surface area (Å²) in [5, 5.41) is 0. The first-order valence-corrected chi connectivity index (χ1v) is 8.76. The molecule has 1 rings (SSSR count). The van der Waals surface area contributed by atoms with E-state index in [4.69, 9.17) is 19.0 Å². The first-order valence-electron chi connectivity index (χ1n) is 6.82. The fraction of sp³-hybridized carbons (Fsp3) is 0.571. The van der Waals surface area contributed by atoms with Crippen molar-refractivity contribution in [1.82, 2.24) is 4.90 Å². The molecule has 0 saturated carbocycles. The van der Waals surface area contributed by atoms with Gasteiger partial charge in [0.05, 0.1) is 6.73 Å². The van der Waals surface area contributed by atoms with Crippen LogP contribution in [-0.2, 0) is 19.7 Å². The van der Waals surface area contributed by atoms with Crippen LogP contribution >= 0.6 is 0 Å². The van der Waals surface area contributed by atoms with Crippen molar-refractivity contribution in [2.45, 2.75) is 12.5 Å². The van der Waals surface area contributed by atoms with Crippen LogP contribution in [0, 0.1) is 0 Å². The van der Waals surface area contributed by atoms with Gasteiger partial charge in [-0.3, -0.25) is 4.90 Å². The van der Waals surface area contributed by atoms with Gasteiger partial charge in [0.25, 0.3) is 0 Å². The molecule has 0 unspecified atom stereocenters. The topological polar surface area (TPSA) is 57.0 Å². The quantitative estimate of drug-likeness (QED) is 0.521. The van der Waals surface area contributed by atoms with E-state index in [0.717, 1.165) is 19.0 Å². The minimum Gasteiger partial charge on any atom is -0.377 e. The van der Waals surface area contributed by atoms with E-state index in [2.05, 4.69) is 12.1 Å². The van der Waals surface area contributed by atoms with Gasteiger partial charge in [0.15, 0.2) is 0 Å². The predicted molar refractivity (Wildman–Crippen MR) is 82.4 cm³/mol. The summed E-state index contributed by atoms with van der Waals surface area (Å²) in [4.78, 5) is 2.02. The number of benzene rings is 1. The zero-order valence-corrected chi connectivity index (χ0v) is 13.7. The van der Waals surface area contributed by atoms with Crippen molar-refractivity contribution in [2.75, 3.05) is 41.1 Å². The molecule has 0 saturated heterocycles. The van der Waals surface area contributed by atoms with Crippen LogP contribution in [0.15, 0.2) is 30.3 Å². The van der Waals surface area contributed by atoms with Crippen molar-refractivity contribution >= 4 is 8.80 Å². The Morgan fingerprint density at radius 2 is 1.80 bits per heavy atom. The van der Waals surface area contributed by atoms with Gasteiger partial charge in [0.2, 0.25) is 0 Å². The average molecular weight is 298 g/mol. The van der Waals surface area contributed by atoms with E-state index in [-0.39, 0.29) is 0 Å². The summed E-state index contributed by atoms with van der Waals surface area (Å²) < 4.78 is 17.1. The van der Waals surface area contributed by atoms with Crippen LogP contribution in [-0.4, -0.2) is 54.8 Å². The first-order chi connectivity index (χ1) is 9.65. The molecule has 5 nitrogen and oxygen atoms in total. The van der Waals surface area contributed by atoms with Gasteiger partial charge in [-0.2, -0.15) is 0 Å². The fourth-order valence-electron chi connectivity index (χ4n) is 1.91. The van der Waals surface area contributed by atoms with Crippen LogP contribution in [0.2, 0.25) is 6.04 Å². The number of aryl methyl sites for hydroxylation is 1. The molecule has 114 valence electrons. The Hall–Kier alpha value is -0.763. The van der Waals surface area contributed by atoms with Gasteiger partial charge in [0.1, 0.15) is 0 Å². The number of likely N-dealkylation sites (N-methyl/N-ethyl adjacent to an activating group) is 1. The Kier molecular flexibility index (Phi) is 7.97. The van der Waals surface area contributed by atoms with Crippen LogP contribution in [0.5, 0.6) is 0 Å². The zero-order valence-electron chi connectivity index (χ0n) is 12.7. The highest BCUT2D eigenvalue weighted by molar-refractivity contribution is 6.60. The molecule has 0 bridgehead atoms. The highest BCUT2D eigenvalue weighted by atomic mass is 28.4. The maximum Gasteiger partial charge on any atom is 0.501 e. The van der Waals surface area contributed by atoms with Crippen molar-refractivity contribution in [2.24, 2.45) is 5.73 Å². The molecule has 0 fully saturated rings. The summed E-state index contributed by atoms with van der Waals surface area (Å²) in [5.74, 6) is 0. The Balaban J connectivity index is 2.52. The van der Waals surface area contributed by atoms with Gasteiger partial charge >= 0.3 is 8.80 Å². The monoisotopic (exact) mass is 298 g/mol. The fourth-order valence-corrected chi connectivity index (χ4v) is 3.88. The molecular formula is C14H26N2O3Si. The summed E-state index contributed by atoms with van der Waals surface area (Å²) in [6.45, 7) is 1.87. The highest BCUT2D eigenvalue weighted by Crippen LogP contribution is 2.17. The number of nitrogens with zero attached hydrogens (tertiary/aromatic N) is 1. The number of hydrogen-bond acceptors (Lipinski definition) is 5. The maximum atomic E-state index is 5.93. The van der Waals surface area contributed by atoms with Crippen molar-refractivity contribution in [3.63, 3.8) is 0 Å². The number of nitrogens with two attached hydrogens (primary N) is 1. The average Bonchev–Trinajstić information content (AvgIpc) is 2.49. The van der Waals surface area contributed by atoms with Gasteiger partial charge in [-0.05, 0) is 19.0 Å². The second-order valence-electron chi connectivity index (χ2n) is 4.72. The first kappa shape index (κ1) is 17.3. The molecule has 0 aliphatic rings. The second kappa shape index (κ2) is 9.22. The number of hydrogen-bond donors (Lipinski definition) is 1. The van der Waals surface area contributed by atoms with E-state index in [0.29, 0.717) is 13.3 Å². The second-order valence-corrected chi connectivity index (χ2v) is 7.69. The lowest BCUT2D eigenvalue weighted by molar-refractivity contribution is 0.0486. The summed E-state index contributed by atoms with van der Waals surface area (Å²) in [5.41, 5.74) is 6.78. The lowest BCUT2D eigenvalue weighted by Crippen LogP contribution is -2.47. The van der Waals surface area contributed by atoms with Crippen LogP contribution in [0.1, 0.15) is 5.56 Å². The zero-order chi connectivity index (χ0) is 14.8. The molecule has 6 heteroatoms. The Morgan fingerprint density at radius 1 is 1.15 bits per heavy atom.